The van der Waals surface area contributed by atoms with E-state index in [-0.39, 0.29) is 5.91 Å². The Bertz CT molecular complexity index is 1030. The Balaban J connectivity index is 1.57. The number of benzene rings is 1. The second kappa shape index (κ2) is 7.80. The smallest absolute Gasteiger partial charge is 0.272 e. The van der Waals surface area contributed by atoms with Crippen molar-refractivity contribution in [2.75, 3.05) is 12.8 Å². The highest BCUT2D eigenvalue weighted by molar-refractivity contribution is 6.03. The van der Waals surface area contributed by atoms with E-state index in [0.29, 0.717) is 29.4 Å². The van der Waals surface area contributed by atoms with Crippen molar-refractivity contribution < 1.29 is 4.79 Å². The first-order valence-corrected chi connectivity index (χ1v) is 9.59. The third-order valence-electron chi connectivity index (χ3n) is 5.30. The minimum absolute atomic E-state index is 0.253. The van der Waals surface area contributed by atoms with Crippen LogP contribution in [0.3, 0.4) is 0 Å². The number of nitrogen functional groups attached to an aromatic ring is 1. The molecule has 0 aliphatic heterocycles. The van der Waals surface area contributed by atoms with E-state index < -0.39 is 0 Å². The first kappa shape index (κ1) is 18.2. The van der Waals surface area contributed by atoms with Gasteiger partial charge in [-0.25, -0.2) is 9.97 Å². The zero-order valence-electron chi connectivity index (χ0n) is 15.9. The zero-order chi connectivity index (χ0) is 19.5. The normalized spacial score (nSPS) is 14.9. The maximum Gasteiger partial charge on any atom is 0.272 e. The number of hydrogen-bond acceptors (Lipinski definition) is 5. The summed E-state index contributed by atoms with van der Waals surface area (Å²) in [6, 6.07) is 7.48. The molecule has 4 N–H and O–H groups in total. The number of aromatic amines is 1. The van der Waals surface area contributed by atoms with Crippen LogP contribution in [0.25, 0.3) is 11.0 Å². The summed E-state index contributed by atoms with van der Waals surface area (Å²) in [6.45, 7) is 0.337. The van der Waals surface area contributed by atoms with Gasteiger partial charge >= 0.3 is 0 Å². The fourth-order valence-corrected chi connectivity index (χ4v) is 3.85. The zero-order valence-corrected chi connectivity index (χ0v) is 15.9. The van der Waals surface area contributed by atoms with E-state index in [9.17, 15) is 4.79 Å². The minimum Gasteiger partial charge on any atom is -0.398 e. The van der Waals surface area contributed by atoms with Crippen LogP contribution in [0.1, 0.15) is 59.0 Å². The van der Waals surface area contributed by atoms with Gasteiger partial charge in [0.25, 0.3) is 5.91 Å². The van der Waals surface area contributed by atoms with Crippen molar-refractivity contribution in [1.29, 1.82) is 0 Å². The van der Waals surface area contributed by atoms with Crippen LogP contribution in [0.15, 0.2) is 35.5 Å². The first-order chi connectivity index (χ1) is 13.7. The second-order valence-corrected chi connectivity index (χ2v) is 7.15. The maximum absolute atomic E-state index is 12.8. The fraction of sp³-hybridized carbons (Fsp3) is 0.333. The number of rotatable bonds is 5. The molecule has 7 heteroatoms. The number of hydrogen-bond donors (Lipinski definition) is 3. The van der Waals surface area contributed by atoms with E-state index in [4.69, 9.17) is 10.7 Å². The first-order valence-electron chi connectivity index (χ1n) is 9.59. The number of aromatic nitrogens is 3. The highest BCUT2D eigenvalue weighted by Gasteiger charge is 2.22. The summed E-state index contributed by atoms with van der Waals surface area (Å²) in [5.74, 6) is 1.16. The molecular formula is C21H24N6O. The molecule has 144 valence electrons. The highest BCUT2D eigenvalue weighted by atomic mass is 16.1. The van der Waals surface area contributed by atoms with Crippen LogP contribution in [0.4, 0.5) is 5.69 Å². The Hall–Kier alpha value is -3.22. The number of nitrogens with two attached hydrogens (primary N) is 1. The molecule has 28 heavy (non-hydrogen) atoms. The molecule has 1 aliphatic carbocycles. The lowest BCUT2D eigenvalue weighted by Gasteiger charge is -2.10. The lowest BCUT2D eigenvalue weighted by molar-refractivity contribution is 0.0947. The summed E-state index contributed by atoms with van der Waals surface area (Å²) < 4.78 is 0. The van der Waals surface area contributed by atoms with E-state index in [2.05, 4.69) is 20.3 Å². The van der Waals surface area contributed by atoms with Crippen molar-refractivity contribution in [2.24, 2.45) is 4.99 Å². The number of nitrogens with zero attached hydrogens (tertiary/aromatic N) is 3. The van der Waals surface area contributed by atoms with Crippen LogP contribution in [0.5, 0.6) is 0 Å². The highest BCUT2D eigenvalue weighted by Crippen LogP contribution is 2.33. The van der Waals surface area contributed by atoms with Crippen LogP contribution in [0, 0.1) is 0 Å². The molecule has 0 spiro atoms. The molecule has 3 aromatic rings. The van der Waals surface area contributed by atoms with Gasteiger partial charge in [-0.15, -0.1) is 0 Å². The van der Waals surface area contributed by atoms with Gasteiger partial charge in [0.15, 0.2) is 5.69 Å². The summed E-state index contributed by atoms with van der Waals surface area (Å²) in [7, 11) is 1.69. The Labute approximate surface area is 163 Å². The number of H-pyrrole nitrogens is 1. The number of carbonyl (C=O) groups is 1. The van der Waals surface area contributed by atoms with Crippen LogP contribution in [-0.2, 0) is 6.54 Å². The lowest BCUT2D eigenvalue weighted by Crippen LogP contribution is -2.25. The minimum atomic E-state index is -0.253. The van der Waals surface area contributed by atoms with Gasteiger partial charge in [0.05, 0.1) is 5.52 Å². The van der Waals surface area contributed by atoms with Gasteiger partial charge in [-0.05, 0) is 30.5 Å². The number of nitrogens with one attached hydrogen (secondary N) is 2. The maximum atomic E-state index is 12.8. The number of carbonyl (C=O) groups excluding carboxylic acids is 1. The fourth-order valence-electron chi connectivity index (χ4n) is 3.85. The summed E-state index contributed by atoms with van der Waals surface area (Å²) in [6.07, 6.45) is 8.10. The van der Waals surface area contributed by atoms with Crippen LogP contribution in [-0.4, -0.2) is 34.1 Å². The molecule has 1 aromatic carbocycles. The summed E-state index contributed by atoms with van der Waals surface area (Å²) >= 11 is 0. The van der Waals surface area contributed by atoms with Crippen LogP contribution < -0.4 is 11.1 Å². The molecule has 1 amide bonds. The van der Waals surface area contributed by atoms with E-state index in [1.807, 2.05) is 24.3 Å². The quantitative estimate of drug-likeness (QED) is 0.469. The summed E-state index contributed by atoms with van der Waals surface area (Å²) in [5, 5.41) is 2.94. The number of anilines is 1. The molecule has 0 saturated heterocycles. The van der Waals surface area contributed by atoms with Gasteiger partial charge in [-0.1, -0.05) is 25.0 Å². The molecule has 0 unspecified atom stereocenters. The molecule has 0 atom stereocenters. The molecule has 2 heterocycles. The standard InChI is InChI=1S/C21H24N6O/c1-23-12-15-14(7-4-8-16(15)22)11-25-21(28)19-18-17(9-10-24-19)26-20(27-18)13-5-2-3-6-13/h4,7-10,12-13H,2-3,5-6,11,22H2,1H3,(H,25,28)(H,26,27). The predicted octanol–water partition coefficient (Wildman–Crippen LogP) is 3.18. The molecule has 1 aliphatic rings. The molecule has 1 fully saturated rings. The van der Waals surface area contributed by atoms with Crippen molar-refractivity contribution >= 4 is 28.8 Å². The van der Waals surface area contributed by atoms with Crippen molar-refractivity contribution in [3.8, 4) is 0 Å². The number of pyridine rings is 1. The number of fused-ring (bicyclic) bond motifs is 1. The second-order valence-electron chi connectivity index (χ2n) is 7.15. The molecule has 1 saturated carbocycles. The monoisotopic (exact) mass is 376 g/mol. The van der Waals surface area contributed by atoms with E-state index in [0.717, 1.165) is 35.3 Å². The van der Waals surface area contributed by atoms with Crippen molar-refractivity contribution in [1.82, 2.24) is 20.3 Å². The molecule has 4 rings (SSSR count). The predicted molar refractivity (Wildman–Crippen MR) is 111 cm³/mol. The summed E-state index contributed by atoms with van der Waals surface area (Å²) in [5.41, 5.74) is 10.2. The van der Waals surface area contributed by atoms with E-state index in [1.165, 1.54) is 12.8 Å². The van der Waals surface area contributed by atoms with Crippen LogP contribution in [0.2, 0.25) is 0 Å². The topological polar surface area (TPSA) is 109 Å². The van der Waals surface area contributed by atoms with E-state index >= 15 is 0 Å². The van der Waals surface area contributed by atoms with Gasteiger partial charge in [-0.2, -0.15) is 0 Å². The van der Waals surface area contributed by atoms with Gasteiger partial charge in [0, 0.05) is 43.2 Å². The Morgan fingerprint density at radius 2 is 2.18 bits per heavy atom. The number of imidazole rings is 1. The molecular weight excluding hydrogens is 352 g/mol. The third kappa shape index (κ3) is 3.47. The SMILES string of the molecule is CN=Cc1c(N)cccc1CNC(=O)c1nccc2[nH]c(C3CCCC3)nc12. The average Bonchev–Trinajstić information content (AvgIpc) is 3.37. The largest absolute Gasteiger partial charge is 0.398 e. The molecule has 0 radical (unpaired) electrons. The Morgan fingerprint density at radius 1 is 1.36 bits per heavy atom. The van der Waals surface area contributed by atoms with Gasteiger partial charge in [-0.3, -0.25) is 9.79 Å². The van der Waals surface area contributed by atoms with Crippen molar-refractivity contribution in [3.05, 3.63) is 53.1 Å². The van der Waals surface area contributed by atoms with Gasteiger partial charge < -0.3 is 16.0 Å². The van der Waals surface area contributed by atoms with Gasteiger partial charge in [0.2, 0.25) is 0 Å². The molecule has 7 nitrogen and oxygen atoms in total. The van der Waals surface area contributed by atoms with E-state index in [1.54, 1.807) is 19.5 Å². The average molecular weight is 376 g/mol. The third-order valence-corrected chi connectivity index (χ3v) is 5.30. The Morgan fingerprint density at radius 3 is 2.96 bits per heavy atom. The van der Waals surface area contributed by atoms with Crippen LogP contribution >= 0.6 is 0 Å². The Kier molecular flexibility index (Phi) is 5.06. The van der Waals surface area contributed by atoms with Crippen molar-refractivity contribution in [2.45, 2.75) is 38.1 Å². The summed E-state index contributed by atoms with van der Waals surface area (Å²) in [4.78, 5) is 29.3. The lowest BCUT2D eigenvalue weighted by atomic mass is 10.1. The van der Waals surface area contributed by atoms with Crippen molar-refractivity contribution in [3.63, 3.8) is 0 Å². The number of aliphatic imine (C=N–C) groups is 1. The van der Waals surface area contributed by atoms with Gasteiger partial charge in [0.1, 0.15) is 11.3 Å². The molecule has 0 bridgehead atoms. The molecule has 2 aromatic heterocycles. The number of amides is 1.